The molecule has 0 heterocycles. The van der Waals surface area contributed by atoms with Crippen molar-refractivity contribution in [2.75, 3.05) is 24.5 Å². The van der Waals surface area contributed by atoms with Crippen molar-refractivity contribution in [3.8, 4) is 0 Å². The summed E-state index contributed by atoms with van der Waals surface area (Å²) < 4.78 is 33.4. The molecule has 28 heavy (non-hydrogen) atoms. The number of rotatable bonds is 9. The van der Waals surface area contributed by atoms with Crippen LogP contribution in [-0.2, 0) is 14.8 Å². The van der Waals surface area contributed by atoms with Crippen LogP contribution in [0.3, 0.4) is 0 Å². The first kappa shape index (κ1) is 22.2. The Morgan fingerprint density at radius 3 is 2.43 bits per heavy atom. The van der Waals surface area contributed by atoms with Crippen LogP contribution in [0.25, 0.3) is 0 Å². The molecule has 1 amide bonds. The maximum atomic E-state index is 12.8. The van der Waals surface area contributed by atoms with E-state index < -0.39 is 10.0 Å². The van der Waals surface area contributed by atoms with Crippen molar-refractivity contribution in [2.45, 2.75) is 32.1 Å². The van der Waals surface area contributed by atoms with Crippen LogP contribution in [-0.4, -0.2) is 34.1 Å². The third-order valence-corrected chi connectivity index (χ3v) is 5.77. The lowest BCUT2D eigenvalue weighted by Crippen LogP contribution is -2.25. The van der Waals surface area contributed by atoms with Gasteiger partial charge in [-0.2, -0.15) is 0 Å². The zero-order valence-corrected chi connectivity index (χ0v) is 17.8. The number of anilines is 1. The van der Waals surface area contributed by atoms with Gasteiger partial charge in [-0.05, 0) is 68.7 Å². The van der Waals surface area contributed by atoms with E-state index in [2.05, 4.69) is 10.0 Å². The van der Waals surface area contributed by atoms with Gasteiger partial charge in [-0.25, -0.2) is 8.42 Å². The summed E-state index contributed by atoms with van der Waals surface area (Å²) in [6.07, 6.45) is 0.673. The van der Waals surface area contributed by atoms with E-state index in [4.69, 9.17) is 16.3 Å². The minimum absolute atomic E-state index is 0.0461. The summed E-state index contributed by atoms with van der Waals surface area (Å²) in [5.41, 5.74) is 2.54. The molecule has 0 saturated carbocycles. The molecule has 0 aliphatic carbocycles. The van der Waals surface area contributed by atoms with Crippen LogP contribution >= 0.6 is 11.6 Å². The van der Waals surface area contributed by atoms with Crippen molar-refractivity contribution in [1.29, 1.82) is 0 Å². The third-order valence-electron chi connectivity index (χ3n) is 3.91. The van der Waals surface area contributed by atoms with Gasteiger partial charge in [0.2, 0.25) is 0 Å². The van der Waals surface area contributed by atoms with Gasteiger partial charge in [0.25, 0.3) is 15.9 Å². The quantitative estimate of drug-likeness (QED) is 0.597. The van der Waals surface area contributed by atoms with Crippen molar-refractivity contribution in [3.05, 3.63) is 58.1 Å². The molecule has 2 aromatic rings. The third kappa shape index (κ3) is 6.22. The molecule has 0 aliphatic rings. The number of nitrogens with one attached hydrogen (secondary N) is 2. The van der Waals surface area contributed by atoms with Gasteiger partial charge in [0.1, 0.15) is 4.90 Å². The molecule has 0 aliphatic heterocycles. The Morgan fingerprint density at radius 1 is 1.11 bits per heavy atom. The van der Waals surface area contributed by atoms with Crippen molar-refractivity contribution in [1.82, 2.24) is 5.32 Å². The van der Waals surface area contributed by atoms with Gasteiger partial charge in [0.05, 0.1) is 5.02 Å². The molecule has 6 nitrogen and oxygen atoms in total. The van der Waals surface area contributed by atoms with Crippen molar-refractivity contribution in [2.24, 2.45) is 0 Å². The van der Waals surface area contributed by atoms with E-state index in [1.807, 2.05) is 26.8 Å². The molecule has 0 unspecified atom stereocenters. The van der Waals surface area contributed by atoms with Gasteiger partial charge in [-0.1, -0.05) is 17.7 Å². The van der Waals surface area contributed by atoms with Gasteiger partial charge in [-0.3, -0.25) is 9.52 Å². The molecule has 0 atom stereocenters. The second-order valence-electron chi connectivity index (χ2n) is 6.43. The minimum atomic E-state index is -3.95. The van der Waals surface area contributed by atoms with Gasteiger partial charge in [0.15, 0.2) is 0 Å². The van der Waals surface area contributed by atoms with E-state index >= 15 is 0 Å². The summed E-state index contributed by atoms with van der Waals surface area (Å²) in [6.45, 7) is 7.28. The standard InChI is InChI=1S/C20H25ClN2O4S/c1-4-27-9-5-8-22-20(24)16-6-7-18(21)19(13-16)28(25,26)23-17-11-14(2)10-15(3)12-17/h6-7,10-13,23H,4-5,8-9H2,1-3H3,(H,22,24). The molecular formula is C20H25ClN2O4S. The number of carbonyl (C=O) groups is 1. The number of sulfonamides is 1. The molecule has 0 radical (unpaired) electrons. The van der Waals surface area contributed by atoms with Crippen LogP contribution in [0.5, 0.6) is 0 Å². The lowest BCUT2D eigenvalue weighted by atomic mass is 10.1. The molecule has 2 rings (SSSR count). The number of aryl methyl sites for hydroxylation is 2. The highest BCUT2D eigenvalue weighted by Gasteiger charge is 2.20. The molecule has 0 bridgehead atoms. The van der Waals surface area contributed by atoms with Crippen LogP contribution in [0.15, 0.2) is 41.3 Å². The largest absolute Gasteiger partial charge is 0.382 e. The first-order valence-corrected chi connectivity index (χ1v) is 10.9. The zero-order chi connectivity index (χ0) is 20.7. The highest BCUT2D eigenvalue weighted by molar-refractivity contribution is 7.92. The molecule has 2 N–H and O–H groups in total. The molecule has 0 fully saturated rings. The zero-order valence-electron chi connectivity index (χ0n) is 16.2. The van der Waals surface area contributed by atoms with Crippen molar-refractivity contribution in [3.63, 3.8) is 0 Å². The average molecular weight is 425 g/mol. The first-order chi connectivity index (χ1) is 13.2. The Balaban J connectivity index is 2.18. The second-order valence-corrected chi connectivity index (χ2v) is 8.49. The number of hydrogen-bond acceptors (Lipinski definition) is 4. The Kier molecular flexibility index (Phi) is 7.86. The Labute approximate surface area is 171 Å². The van der Waals surface area contributed by atoms with Crippen LogP contribution in [0.2, 0.25) is 5.02 Å². The fourth-order valence-corrected chi connectivity index (χ4v) is 4.28. The summed E-state index contributed by atoms with van der Waals surface area (Å²) >= 11 is 6.11. The van der Waals surface area contributed by atoms with Crippen LogP contribution in [0.1, 0.15) is 34.8 Å². The monoisotopic (exact) mass is 424 g/mol. The van der Waals surface area contributed by atoms with E-state index in [-0.39, 0.29) is 21.4 Å². The fraction of sp³-hybridized carbons (Fsp3) is 0.350. The van der Waals surface area contributed by atoms with Crippen LogP contribution in [0, 0.1) is 13.8 Å². The summed E-state index contributed by atoms with van der Waals surface area (Å²) in [5.74, 6) is -0.365. The van der Waals surface area contributed by atoms with Gasteiger partial charge in [-0.15, -0.1) is 0 Å². The summed E-state index contributed by atoms with van der Waals surface area (Å²) in [6, 6.07) is 9.59. The Hall–Kier alpha value is -2.09. The smallest absolute Gasteiger partial charge is 0.263 e. The number of carbonyl (C=O) groups excluding carboxylic acids is 1. The van der Waals surface area contributed by atoms with Crippen molar-refractivity contribution >= 4 is 33.2 Å². The normalized spacial score (nSPS) is 11.3. The van der Waals surface area contributed by atoms with E-state index in [0.29, 0.717) is 31.9 Å². The molecule has 0 aromatic heterocycles. The van der Waals surface area contributed by atoms with E-state index in [9.17, 15) is 13.2 Å². The predicted molar refractivity (Wildman–Crippen MR) is 112 cm³/mol. The predicted octanol–water partition coefficient (Wildman–Crippen LogP) is 3.91. The maximum absolute atomic E-state index is 12.8. The van der Waals surface area contributed by atoms with Crippen molar-refractivity contribution < 1.29 is 17.9 Å². The SMILES string of the molecule is CCOCCCNC(=O)c1ccc(Cl)c(S(=O)(=O)Nc2cc(C)cc(C)c2)c1. The molecule has 152 valence electrons. The Bertz CT molecular complexity index is 925. The first-order valence-electron chi connectivity index (χ1n) is 8.99. The van der Waals surface area contributed by atoms with Crippen LogP contribution in [0.4, 0.5) is 5.69 Å². The second kappa shape index (κ2) is 9.91. The van der Waals surface area contributed by atoms with Crippen LogP contribution < -0.4 is 10.0 Å². The number of amides is 1. The van der Waals surface area contributed by atoms with E-state index in [0.717, 1.165) is 11.1 Å². The van der Waals surface area contributed by atoms with Gasteiger partial charge >= 0.3 is 0 Å². The van der Waals surface area contributed by atoms with E-state index in [1.165, 1.54) is 18.2 Å². The highest BCUT2D eigenvalue weighted by atomic mass is 35.5. The number of ether oxygens (including phenoxy) is 1. The molecule has 8 heteroatoms. The lowest BCUT2D eigenvalue weighted by molar-refractivity contribution is 0.0944. The molecule has 2 aromatic carbocycles. The number of halogens is 1. The molecular weight excluding hydrogens is 400 g/mol. The topological polar surface area (TPSA) is 84.5 Å². The Morgan fingerprint density at radius 2 is 1.79 bits per heavy atom. The van der Waals surface area contributed by atoms with E-state index in [1.54, 1.807) is 12.1 Å². The number of hydrogen-bond donors (Lipinski definition) is 2. The molecule has 0 spiro atoms. The average Bonchev–Trinajstić information content (AvgIpc) is 2.60. The lowest BCUT2D eigenvalue weighted by Gasteiger charge is -2.12. The number of benzene rings is 2. The van der Waals surface area contributed by atoms with Gasteiger partial charge in [0, 0.05) is 31.0 Å². The molecule has 0 saturated heterocycles. The minimum Gasteiger partial charge on any atom is -0.382 e. The maximum Gasteiger partial charge on any atom is 0.263 e. The highest BCUT2D eigenvalue weighted by Crippen LogP contribution is 2.26. The van der Waals surface area contributed by atoms with Gasteiger partial charge < -0.3 is 10.1 Å². The summed E-state index contributed by atoms with van der Waals surface area (Å²) in [5, 5.41) is 2.79. The summed E-state index contributed by atoms with van der Waals surface area (Å²) in [4.78, 5) is 12.2. The summed E-state index contributed by atoms with van der Waals surface area (Å²) in [7, 11) is -3.95. The fourth-order valence-electron chi connectivity index (χ4n) is 2.72.